The number of aliphatic hydroxyl groups excluding tert-OH is 1. The standard InChI is InChI=1S/C31H32N4O7/c1-5-15-41-24-13-11-20-9-7-8-10-22(20)23(24)17-32-35-27(36)18-42-25-14-12-21(16-26(25)40-6-2)29-28(30(37)39-4)19(3)33-31(38)34-29/h1,7-14,16-17,27,29,35-36H,6,15,18H2,2-4H3,(H2,33,34,38)/b32-17+/t27-,29-/m0/s1. The number of benzene rings is 3. The number of esters is 1. The molecule has 3 aromatic carbocycles. The van der Waals surface area contributed by atoms with Gasteiger partial charge in [-0.1, -0.05) is 42.3 Å². The Morgan fingerprint density at radius 2 is 1.93 bits per heavy atom. The lowest BCUT2D eigenvalue weighted by atomic mass is 9.95. The van der Waals surface area contributed by atoms with Crippen LogP contribution in [0.2, 0.25) is 0 Å². The first-order valence-corrected chi connectivity index (χ1v) is 13.2. The van der Waals surface area contributed by atoms with Crippen molar-refractivity contribution in [2.75, 3.05) is 26.9 Å². The lowest BCUT2D eigenvalue weighted by molar-refractivity contribution is -0.136. The molecule has 0 bridgehead atoms. The van der Waals surface area contributed by atoms with E-state index in [0.717, 1.165) is 10.8 Å². The third-order valence-corrected chi connectivity index (χ3v) is 6.33. The van der Waals surface area contributed by atoms with Crippen molar-refractivity contribution in [3.05, 3.63) is 77.0 Å². The molecule has 0 aromatic heterocycles. The van der Waals surface area contributed by atoms with Crippen LogP contribution in [0.3, 0.4) is 0 Å². The Kier molecular flexibility index (Phi) is 9.86. The lowest BCUT2D eigenvalue weighted by Crippen LogP contribution is -2.45. The number of urea groups is 1. The van der Waals surface area contributed by atoms with Gasteiger partial charge in [-0.2, -0.15) is 5.10 Å². The number of hydrogen-bond donors (Lipinski definition) is 4. The summed E-state index contributed by atoms with van der Waals surface area (Å²) in [6, 6.07) is 15.3. The zero-order chi connectivity index (χ0) is 30.1. The van der Waals surface area contributed by atoms with Crippen LogP contribution >= 0.6 is 0 Å². The molecule has 4 rings (SSSR count). The van der Waals surface area contributed by atoms with Crippen molar-refractivity contribution < 1.29 is 33.6 Å². The molecule has 0 unspecified atom stereocenters. The number of hydrazone groups is 1. The summed E-state index contributed by atoms with van der Waals surface area (Å²) in [5, 5.41) is 21.9. The van der Waals surface area contributed by atoms with E-state index >= 15 is 0 Å². The number of allylic oxidation sites excluding steroid dienone is 1. The van der Waals surface area contributed by atoms with Crippen LogP contribution in [-0.2, 0) is 9.53 Å². The van der Waals surface area contributed by atoms with Gasteiger partial charge in [0.2, 0.25) is 0 Å². The van der Waals surface area contributed by atoms with Gasteiger partial charge in [0.25, 0.3) is 0 Å². The van der Waals surface area contributed by atoms with Crippen molar-refractivity contribution in [1.82, 2.24) is 16.1 Å². The van der Waals surface area contributed by atoms with Crippen molar-refractivity contribution in [2.24, 2.45) is 5.10 Å². The van der Waals surface area contributed by atoms with E-state index in [9.17, 15) is 14.7 Å². The van der Waals surface area contributed by atoms with Crippen molar-refractivity contribution in [3.63, 3.8) is 0 Å². The molecule has 0 saturated carbocycles. The lowest BCUT2D eigenvalue weighted by Gasteiger charge is -2.28. The van der Waals surface area contributed by atoms with Crippen LogP contribution in [0.5, 0.6) is 17.2 Å². The van der Waals surface area contributed by atoms with Gasteiger partial charge in [-0.3, -0.25) is 5.43 Å². The first-order chi connectivity index (χ1) is 20.4. The predicted molar refractivity (Wildman–Crippen MR) is 157 cm³/mol. The number of carbonyl (C=O) groups excluding carboxylic acids is 2. The van der Waals surface area contributed by atoms with Gasteiger partial charge >= 0.3 is 12.0 Å². The van der Waals surface area contributed by atoms with Gasteiger partial charge in [-0.25, -0.2) is 9.59 Å². The highest BCUT2D eigenvalue weighted by Gasteiger charge is 2.32. The first kappa shape index (κ1) is 29.8. The van der Waals surface area contributed by atoms with Gasteiger partial charge in [-0.05, 0) is 48.4 Å². The Bertz CT molecular complexity index is 1560. The number of rotatable bonds is 12. The normalized spacial score (nSPS) is 15.4. The van der Waals surface area contributed by atoms with Crippen LogP contribution < -0.4 is 30.3 Å². The molecule has 2 amide bonds. The molecule has 1 aliphatic heterocycles. The molecule has 11 heteroatoms. The SMILES string of the molecule is C#CCOc1ccc2ccccc2c1/C=N/N[C@@H](O)COc1ccc([C@@H]2NC(=O)NC(C)=C2C(=O)OC)cc1OCC. The second-order valence-corrected chi connectivity index (χ2v) is 9.11. The zero-order valence-electron chi connectivity index (χ0n) is 23.5. The smallest absolute Gasteiger partial charge is 0.337 e. The van der Waals surface area contributed by atoms with Crippen LogP contribution in [-0.4, -0.2) is 56.5 Å². The molecule has 4 N–H and O–H groups in total. The molecule has 0 fully saturated rings. The van der Waals surface area contributed by atoms with E-state index in [1.165, 1.54) is 7.11 Å². The van der Waals surface area contributed by atoms with Crippen LogP contribution in [0.25, 0.3) is 10.8 Å². The third-order valence-electron chi connectivity index (χ3n) is 6.33. The maximum absolute atomic E-state index is 12.4. The predicted octanol–water partition coefficient (Wildman–Crippen LogP) is 3.37. The maximum Gasteiger partial charge on any atom is 0.337 e. The molecule has 1 aliphatic rings. The Morgan fingerprint density at radius 3 is 2.69 bits per heavy atom. The molecule has 11 nitrogen and oxygen atoms in total. The number of ether oxygens (including phenoxy) is 4. The van der Waals surface area contributed by atoms with Crippen LogP contribution in [0.1, 0.15) is 31.0 Å². The quantitative estimate of drug-likeness (QED) is 0.0852. The van der Waals surface area contributed by atoms with E-state index in [1.54, 1.807) is 31.3 Å². The highest BCUT2D eigenvalue weighted by atomic mass is 16.5. The number of nitrogens with one attached hydrogen (secondary N) is 3. The van der Waals surface area contributed by atoms with E-state index in [-0.39, 0.29) is 18.8 Å². The van der Waals surface area contributed by atoms with Crippen LogP contribution in [0.4, 0.5) is 4.79 Å². The molecule has 0 radical (unpaired) electrons. The minimum atomic E-state index is -1.17. The number of aliphatic hydroxyl groups is 1. The number of methoxy groups -OCH3 is 1. The van der Waals surface area contributed by atoms with E-state index in [0.29, 0.717) is 40.7 Å². The number of amides is 2. The van der Waals surface area contributed by atoms with Crippen molar-refractivity contribution >= 4 is 29.0 Å². The highest BCUT2D eigenvalue weighted by molar-refractivity contribution is 6.02. The summed E-state index contributed by atoms with van der Waals surface area (Å²) < 4.78 is 22.2. The number of terminal acetylenes is 1. The Hall–Kier alpha value is -5.21. The Labute approximate surface area is 243 Å². The van der Waals surface area contributed by atoms with Gasteiger partial charge in [0.15, 0.2) is 17.7 Å². The Balaban J connectivity index is 1.47. The third kappa shape index (κ3) is 6.92. The molecule has 0 spiro atoms. The molecule has 0 aliphatic carbocycles. The van der Waals surface area contributed by atoms with Crippen LogP contribution in [0, 0.1) is 12.3 Å². The number of fused-ring (bicyclic) bond motifs is 1. The second-order valence-electron chi connectivity index (χ2n) is 9.11. The van der Waals surface area contributed by atoms with E-state index in [1.807, 2.05) is 43.3 Å². The fourth-order valence-corrected chi connectivity index (χ4v) is 4.46. The fraction of sp³-hybridized carbons (Fsp3) is 0.258. The summed E-state index contributed by atoms with van der Waals surface area (Å²) in [6.45, 7) is 3.71. The topological polar surface area (TPSA) is 140 Å². The second kappa shape index (κ2) is 13.9. The monoisotopic (exact) mass is 572 g/mol. The van der Waals surface area contributed by atoms with Crippen molar-refractivity contribution in [3.8, 4) is 29.6 Å². The highest BCUT2D eigenvalue weighted by Crippen LogP contribution is 2.35. The van der Waals surface area contributed by atoms with Gasteiger partial charge in [0, 0.05) is 11.3 Å². The maximum atomic E-state index is 12.4. The summed E-state index contributed by atoms with van der Waals surface area (Å²) in [7, 11) is 1.27. The molecule has 3 aromatic rings. The molecule has 1 heterocycles. The number of carbonyl (C=O) groups is 2. The fourth-order valence-electron chi connectivity index (χ4n) is 4.46. The molecular weight excluding hydrogens is 540 g/mol. The first-order valence-electron chi connectivity index (χ1n) is 13.2. The van der Waals surface area contributed by atoms with Gasteiger partial charge in [0.05, 0.1) is 31.5 Å². The minimum absolute atomic E-state index is 0.105. The average Bonchev–Trinajstić information content (AvgIpc) is 2.99. The van der Waals surface area contributed by atoms with E-state index < -0.39 is 24.3 Å². The van der Waals surface area contributed by atoms with Gasteiger partial charge in [0.1, 0.15) is 19.0 Å². The number of hydrogen-bond acceptors (Lipinski definition) is 9. The average molecular weight is 573 g/mol. The summed E-state index contributed by atoms with van der Waals surface area (Å²) in [5.41, 5.74) is 4.60. The minimum Gasteiger partial charge on any atom is -0.490 e. The summed E-state index contributed by atoms with van der Waals surface area (Å²) >= 11 is 0. The van der Waals surface area contributed by atoms with E-state index in [2.05, 4.69) is 27.1 Å². The molecule has 42 heavy (non-hydrogen) atoms. The molecule has 218 valence electrons. The van der Waals surface area contributed by atoms with Crippen LogP contribution in [0.15, 0.2) is 71.0 Å². The summed E-state index contributed by atoms with van der Waals surface area (Å²) in [4.78, 5) is 24.6. The summed E-state index contributed by atoms with van der Waals surface area (Å²) in [5.74, 6) is 3.16. The van der Waals surface area contributed by atoms with Crippen molar-refractivity contribution in [1.29, 1.82) is 0 Å². The Morgan fingerprint density at radius 1 is 1.14 bits per heavy atom. The van der Waals surface area contributed by atoms with E-state index in [4.69, 9.17) is 25.4 Å². The molecule has 2 atom stereocenters. The van der Waals surface area contributed by atoms with Gasteiger partial charge < -0.3 is 34.7 Å². The van der Waals surface area contributed by atoms with Crippen molar-refractivity contribution in [2.45, 2.75) is 26.1 Å². The summed E-state index contributed by atoms with van der Waals surface area (Å²) in [6.07, 6.45) is 5.74. The molecule has 0 saturated heterocycles. The molecular formula is C31H32N4O7. The van der Waals surface area contributed by atoms with Gasteiger partial charge in [-0.15, -0.1) is 6.42 Å². The number of nitrogens with zero attached hydrogens (tertiary/aromatic N) is 1. The zero-order valence-corrected chi connectivity index (χ0v) is 23.5. The largest absolute Gasteiger partial charge is 0.490 e.